The highest BCUT2D eigenvalue weighted by molar-refractivity contribution is 5.87. The molecule has 0 amide bonds. The molecule has 4 aromatic rings. The Bertz CT molecular complexity index is 1170. The Morgan fingerprint density at radius 1 is 0.968 bits per heavy atom. The SMILES string of the molecule is CCOc1ccccc1/C=C(\C#N)c1nc(C(c2ccccc2)c2ccccc2)no1. The summed E-state index contributed by atoms with van der Waals surface area (Å²) >= 11 is 0. The van der Waals surface area contributed by atoms with Crippen LogP contribution in [0.5, 0.6) is 5.75 Å². The normalized spacial score (nSPS) is 11.3. The van der Waals surface area contributed by atoms with Gasteiger partial charge >= 0.3 is 0 Å². The second kappa shape index (κ2) is 9.55. The van der Waals surface area contributed by atoms with E-state index in [2.05, 4.69) is 16.2 Å². The molecule has 0 spiro atoms. The Kier molecular flexibility index (Phi) is 6.20. The van der Waals surface area contributed by atoms with Gasteiger partial charge in [0.05, 0.1) is 12.5 Å². The number of nitriles is 1. The molecule has 4 rings (SSSR count). The number of para-hydroxylation sites is 1. The third-order valence-corrected chi connectivity index (χ3v) is 4.84. The van der Waals surface area contributed by atoms with Crippen LogP contribution in [-0.4, -0.2) is 16.7 Å². The van der Waals surface area contributed by atoms with Gasteiger partial charge in [-0.2, -0.15) is 10.2 Å². The lowest BCUT2D eigenvalue weighted by Gasteiger charge is -2.14. The van der Waals surface area contributed by atoms with Crippen molar-refractivity contribution in [1.82, 2.24) is 10.1 Å². The van der Waals surface area contributed by atoms with Gasteiger partial charge in [-0.15, -0.1) is 0 Å². The molecule has 0 aliphatic heterocycles. The quantitative estimate of drug-likeness (QED) is 0.367. The van der Waals surface area contributed by atoms with Crippen molar-refractivity contribution in [1.29, 1.82) is 5.26 Å². The van der Waals surface area contributed by atoms with Gasteiger partial charge in [-0.25, -0.2) is 0 Å². The van der Waals surface area contributed by atoms with E-state index < -0.39 is 0 Å². The number of benzene rings is 3. The summed E-state index contributed by atoms with van der Waals surface area (Å²) in [6.07, 6.45) is 1.71. The fraction of sp³-hybridized carbons (Fsp3) is 0.115. The van der Waals surface area contributed by atoms with Gasteiger partial charge in [0, 0.05) is 5.56 Å². The summed E-state index contributed by atoms with van der Waals surface area (Å²) in [6, 6.07) is 29.7. The van der Waals surface area contributed by atoms with Gasteiger partial charge in [-0.1, -0.05) is 84.0 Å². The van der Waals surface area contributed by atoms with Crippen LogP contribution in [0, 0.1) is 11.3 Å². The highest BCUT2D eigenvalue weighted by Gasteiger charge is 2.23. The van der Waals surface area contributed by atoms with Crippen molar-refractivity contribution >= 4 is 11.6 Å². The topological polar surface area (TPSA) is 71.9 Å². The molecule has 0 aliphatic rings. The van der Waals surface area contributed by atoms with Crippen LogP contribution in [0.4, 0.5) is 0 Å². The van der Waals surface area contributed by atoms with E-state index in [0.717, 1.165) is 16.7 Å². The first kappa shape index (κ1) is 20.1. The van der Waals surface area contributed by atoms with Gasteiger partial charge in [-0.3, -0.25) is 0 Å². The molecule has 0 bridgehead atoms. The molecule has 0 unspecified atom stereocenters. The Labute approximate surface area is 181 Å². The van der Waals surface area contributed by atoms with E-state index in [4.69, 9.17) is 9.26 Å². The molecule has 0 radical (unpaired) electrons. The smallest absolute Gasteiger partial charge is 0.268 e. The molecule has 3 aromatic carbocycles. The van der Waals surface area contributed by atoms with Gasteiger partial charge in [0.15, 0.2) is 5.82 Å². The van der Waals surface area contributed by atoms with E-state index in [9.17, 15) is 5.26 Å². The van der Waals surface area contributed by atoms with Crippen LogP contribution >= 0.6 is 0 Å². The maximum absolute atomic E-state index is 9.76. The first-order chi connectivity index (χ1) is 15.3. The van der Waals surface area contributed by atoms with E-state index in [-0.39, 0.29) is 17.4 Å². The zero-order valence-electron chi connectivity index (χ0n) is 17.1. The van der Waals surface area contributed by atoms with E-state index in [0.29, 0.717) is 18.2 Å². The minimum Gasteiger partial charge on any atom is -0.493 e. The van der Waals surface area contributed by atoms with Gasteiger partial charge < -0.3 is 9.26 Å². The number of rotatable bonds is 7. The average Bonchev–Trinajstić information content (AvgIpc) is 3.30. The number of hydrogen-bond donors (Lipinski definition) is 0. The average molecular weight is 407 g/mol. The first-order valence-corrected chi connectivity index (χ1v) is 10.1. The zero-order valence-corrected chi connectivity index (χ0v) is 17.1. The van der Waals surface area contributed by atoms with E-state index >= 15 is 0 Å². The van der Waals surface area contributed by atoms with Gasteiger partial charge in [-0.05, 0) is 30.2 Å². The molecular weight excluding hydrogens is 386 g/mol. The monoisotopic (exact) mass is 407 g/mol. The number of aromatic nitrogens is 2. The third kappa shape index (κ3) is 4.54. The molecule has 1 heterocycles. The number of allylic oxidation sites excluding steroid dienone is 1. The van der Waals surface area contributed by atoms with Crippen LogP contribution < -0.4 is 4.74 Å². The Morgan fingerprint density at radius 3 is 2.19 bits per heavy atom. The summed E-state index contributed by atoms with van der Waals surface area (Å²) in [5, 5.41) is 14.0. The Hall–Kier alpha value is -4.17. The highest BCUT2D eigenvalue weighted by Crippen LogP contribution is 2.31. The van der Waals surface area contributed by atoms with Gasteiger partial charge in [0.25, 0.3) is 5.89 Å². The first-order valence-electron chi connectivity index (χ1n) is 10.1. The highest BCUT2D eigenvalue weighted by atomic mass is 16.5. The lowest BCUT2D eigenvalue weighted by atomic mass is 9.91. The number of ether oxygens (including phenoxy) is 1. The molecule has 5 nitrogen and oxygen atoms in total. The van der Waals surface area contributed by atoms with Crippen LogP contribution in [0.2, 0.25) is 0 Å². The van der Waals surface area contributed by atoms with Crippen molar-refractivity contribution in [3.05, 3.63) is 113 Å². The molecule has 31 heavy (non-hydrogen) atoms. The van der Waals surface area contributed by atoms with Crippen LogP contribution in [0.15, 0.2) is 89.5 Å². The van der Waals surface area contributed by atoms with Crippen molar-refractivity contribution in [2.24, 2.45) is 0 Å². The molecule has 0 saturated heterocycles. The second-order valence-corrected chi connectivity index (χ2v) is 6.85. The molecule has 0 atom stereocenters. The summed E-state index contributed by atoms with van der Waals surface area (Å²) in [7, 11) is 0. The van der Waals surface area contributed by atoms with Crippen LogP contribution in [0.1, 0.15) is 41.2 Å². The molecule has 1 aromatic heterocycles. The van der Waals surface area contributed by atoms with E-state index in [1.807, 2.05) is 91.9 Å². The lowest BCUT2D eigenvalue weighted by molar-refractivity contribution is 0.339. The third-order valence-electron chi connectivity index (χ3n) is 4.84. The summed E-state index contributed by atoms with van der Waals surface area (Å²) < 4.78 is 11.2. The lowest BCUT2D eigenvalue weighted by Crippen LogP contribution is -2.05. The van der Waals surface area contributed by atoms with Crippen molar-refractivity contribution in [3.8, 4) is 11.8 Å². The zero-order chi connectivity index (χ0) is 21.5. The van der Waals surface area contributed by atoms with Crippen molar-refractivity contribution in [2.75, 3.05) is 6.61 Å². The maximum Gasteiger partial charge on any atom is 0.268 e. The Balaban J connectivity index is 1.74. The number of hydrogen-bond acceptors (Lipinski definition) is 5. The molecule has 152 valence electrons. The predicted octanol–water partition coefficient (Wildman–Crippen LogP) is 5.71. The largest absolute Gasteiger partial charge is 0.493 e. The fourth-order valence-corrected chi connectivity index (χ4v) is 3.43. The standard InChI is InChI=1S/C26H21N3O2/c1-2-30-23-16-10-9-15-21(23)17-22(18-27)26-28-25(29-31-26)24(19-11-5-3-6-12-19)20-13-7-4-8-14-20/h3-17,24H,2H2,1H3/b22-17+. The fourth-order valence-electron chi connectivity index (χ4n) is 3.43. The molecule has 0 saturated carbocycles. The van der Waals surface area contributed by atoms with Crippen LogP contribution in [0.3, 0.4) is 0 Å². The minimum absolute atomic E-state index is 0.181. The van der Waals surface area contributed by atoms with Gasteiger partial charge in [0.1, 0.15) is 17.4 Å². The summed E-state index contributed by atoms with van der Waals surface area (Å²) in [4.78, 5) is 4.60. The maximum atomic E-state index is 9.76. The van der Waals surface area contributed by atoms with Crippen LogP contribution in [-0.2, 0) is 0 Å². The molecular formula is C26H21N3O2. The van der Waals surface area contributed by atoms with Crippen molar-refractivity contribution < 1.29 is 9.26 Å². The van der Waals surface area contributed by atoms with Crippen molar-refractivity contribution in [2.45, 2.75) is 12.8 Å². The minimum atomic E-state index is -0.199. The second-order valence-electron chi connectivity index (χ2n) is 6.85. The predicted molar refractivity (Wildman–Crippen MR) is 119 cm³/mol. The summed E-state index contributed by atoms with van der Waals surface area (Å²) in [6.45, 7) is 2.45. The summed E-state index contributed by atoms with van der Waals surface area (Å²) in [5.41, 5.74) is 3.16. The van der Waals surface area contributed by atoms with Crippen LogP contribution in [0.25, 0.3) is 11.6 Å². The van der Waals surface area contributed by atoms with E-state index in [1.165, 1.54) is 0 Å². The molecule has 0 aliphatic carbocycles. The Morgan fingerprint density at radius 2 is 1.58 bits per heavy atom. The molecule has 0 N–H and O–H groups in total. The number of nitrogens with zero attached hydrogens (tertiary/aromatic N) is 3. The molecule has 0 fully saturated rings. The van der Waals surface area contributed by atoms with E-state index in [1.54, 1.807) is 6.08 Å². The summed E-state index contributed by atoms with van der Waals surface area (Å²) in [5.74, 6) is 1.19. The van der Waals surface area contributed by atoms with Gasteiger partial charge in [0.2, 0.25) is 0 Å². The molecule has 5 heteroatoms. The van der Waals surface area contributed by atoms with Crippen molar-refractivity contribution in [3.63, 3.8) is 0 Å².